The minimum Gasteiger partial charge on any atom is -0.368 e. The number of rotatable bonds is 1. The molecule has 2 aromatic rings. The standard InChI is InChI=1S/C13H11F3N4/c14-13(15,16)10-5-11(19-12(17)18-10)20-6-8-3-1-2-4-9(8)7-20/h1-5H,6-7H2,(H2,17,18,19). The summed E-state index contributed by atoms with van der Waals surface area (Å²) in [4.78, 5) is 8.89. The van der Waals surface area contributed by atoms with Gasteiger partial charge < -0.3 is 10.6 Å². The van der Waals surface area contributed by atoms with Crippen LogP contribution in [-0.4, -0.2) is 9.97 Å². The molecule has 0 aliphatic carbocycles. The monoisotopic (exact) mass is 280 g/mol. The highest BCUT2D eigenvalue weighted by Crippen LogP contribution is 2.32. The highest BCUT2D eigenvalue weighted by molar-refractivity contribution is 5.49. The zero-order chi connectivity index (χ0) is 14.3. The summed E-state index contributed by atoms with van der Waals surface area (Å²) in [6.45, 7) is 1.04. The summed E-state index contributed by atoms with van der Waals surface area (Å²) in [5.41, 5.74) is 6.53. The topological polar surface area (TPSA) is 55.0 Å². The Labute approximate surface area is 113 Å². The van der Waals surface area contributed by atoms with Crippen molar-refractivity contribution in [2.24, 2.45) is 0 Å². The Morgan fingerprint density at radius 1 is 1.05 bits per heavy atom. The minimum atomic E-state index is -4.53. The lowest BCUT2D eigenvalue weighted by Gasteiger charge is -2.18. The van der Waals surface area contributed by atoms with E-state index in [1.165, 1.54) is 0 Å². The van der Waals surface area contributed by atoms with Crippen molar-refractivity contribution < 1.29 is 13.2 Å². The lowest BCUT2D eigenvalue weighted by Crippen LogP contribution is -2.19. The van der Waals surface area contributed by atoms with Crippen LogP contribution in [0.1, 0.15) is 16.8 Å². The normalized spacial score (nSPS) is 14.4. The van der Waals surface area contributed by atoms with Gasteiger partial charge in [0, 0.05) is 19.2 Å². The van der Waals surface area contributed by atoms with Crippen molar-refractivity contribution in [1.82, 2.24) is 9.97 Å². The Hall–Kier alpha value is -2.31. The molecule has 7 heteroatoms. The van der Waals surface area contributed by atoms with Crippen LogP contribution in [0.2, 0.25) is 0 Å². The second kappa shape index (κ2) is 4.36. The molecule has 0 fully saturated rings. The maximum atomic E-state index is 12.7. The number of hydrogen-bond acceptors (Lipinski definition) is 4. The number of aromatic nitrogens is 2. The van der Waals surface area contributed by atoms with Crippen LogP contribution in [0, 0.1) is 0 Å². The van der Waals surface area contributed by atoms with Gasteiger partial charge in [-0.3, -0.25) is 0 Å². The molecule has 1 aliphatic heterocycles. The quantitative estimate of drug-likeness (QED) is 0.872. The van der Waals surface area contributed by atoms with Crippen molar-refractivity contribution in [1.29, 1.82) is 0 Å². The fraction of sp³-hybridized carbons (Fsp3) is 0.231. The van der Waals surface area contributed by atoms with E-state index < -0.39 is 11.9 Å². The third-order valence-corrected chi connectivity index (χ3v) is 3.19. The molecule has 0 bridgehead atoms. The molecule has 3 rings (SSSR count). The van der Waals surface area contributed by atoms with Gasteiger partial charge in [-0.1, -0.05) is 24.3 Å². The van der Waals surface area contributed by atoms with E-state index in [1.807, 2.05) is 24.3 Å². The third kappa shape index (κ3) is 2.26. The molecule has 1 aromatic heterocycles. The molecule has 0 saturated carbocycles. The first-order valence-electron chi connectivity index (χ1n) is 5.97. The molecular weight excluding hydrogens is 269 g/mol. The van der Waals surface area contributed by atoms with Gasteiger partial charge in [-0.15, -0.1) is 0 Å². The molecule has 2 N–H and O–H groups in total. The van der Waals surface area contributed by atoms with Crippen LogP contribution in [0.25, 0.3) is 0 Å². The zero-order valence-electron chi connectivity index (χ0n) is 10.4. The molecule has 0 atom stereocenters. The Bertz CT molecular complexity index is 629. The van der Waals surface area contributed by atoms with E-state index >= 15 is 0 Å². The average Bonchev–Trinajstić information content (AvgIpc) is 2.80. The molecule has 4 nitrogen and oxygen atoms in total. The summed E-state index contributed by atoms with van der Waals surface area (Å²) in [6, 6.07) is 8.63. The van der Waals surface area contributed by atoms with Crippen molar-refractivity contribution in [3.05, 3.63) is 47.2 Å². The Morgan fingerprint density at radius 3 is 2.20 bits per heavy atom. The summed E-state index contributed by atoms with van der Waals surface area (Å²) in [5, 5.41) is 0. The fourth-order valence-electron chi connectivity index (χ4n) is 2.25. The lowest BCUT2D eigenvalue weighted by atomic mass is 10.1. The molecule has 0 saturated heterocycles. The Kier molecular flexibility index (Phi) is 2.77. The predicted molar refractivity (Wildman–Crippen MR) is 67.8 cm³/mol. The Balaban J connectivity index is 1.95. The van der Waals surface area contributed by atoms with Gasteiger partial charge in [0.25, 0.3) is 0 Å². The van der Waals surface area contributed by atoms with Crippen molar-refractivity contribution in [3.63, 3.8) is 0 Å². The first-order valence-corrected chi connectivity index (χ1v) is 5.97. The summed E-state index contributed by atoms with van der Waals surface area (Å²) in [7, 11) is 0. The van der Waals surface area contributed by atoms with Crippen LogP contribution >= 0.6 is 0 Å². The number of hydrogen-bond donors (Lipinski definition) is 1. The molecule has 0 amide bonds. The number of benzene rings is 1. The molecule has 0 unspecified atom stereocenters. The number of alkyl halides is 3. The van der Waals surface area contributed by atoms with Crippen molar-refractivity contribution in [2.75, 3.05) is 10.6 Å². The molecule has 20 heavy (non-hydrogen) atoms. The Morgan fingerprint density at radius 2 is 1.65 bits per heavy atom. The fourth-order valence-corrected chi connectivity index (χ4v) is 2.25. The summed E-state index contributed by atoms with van der Waals surface area (Å²) >= 11 is 0. The van der Waals surface area contributed by atoms with Gasteiger partial charge in [-0.25, -0.2) is 4.98 Å². The molecule has 104 valence electrons. The van der Waals surface area contributed by atoms with Crippen LogP contribution in [-0.2, 0) is 19.3 Å². The number of anilines is 2. The zero-order valence-corrected chi connectivity index (χ0v) is 10.4. The van der Waals surface area contributed by atoms with E-state index in [2.05, 4.69) is 9.97 Å². The predicted octanol–water partition coefficient (Wildman–Crippen LogP) is 2.60. The second-order valence-electron chi connectivity index (χ2n) is 4.59. The van der Waals surface area contributed by atoms with Gasteiger partial charge in [0.2, 0.25) is 5.95 Å². The van der Waals surface area contributed by atoms with Gasteiger partial charge >= 0.3 is 6.18 Å². The maximum absolute atomic E-state index is 12.7. The van der Waals surface area contributed by atoms with E-state index in [1.54, 1.807) is 4.90 Å². The average molecular weight is 280 g/mol. The van der Waals surface area contributed by atoms with E-state index in [0.29, 0.717) is 13.1 Å². The van der Waals surface area contributed by atoms with Crippen LogP contribution in [0.4, 0.5) is 24.9 Å². The van der Waals surface area contributed by atoms with E-state index in [4.69, 9.17) is 5.73 Å². The number of fused-ring (bicyclic) bond motifs is 1. The first kappa shape index (κ1) is 12.7. The van der Waals surface area contributed by atoms with Gasteiger partial charge in [0.05, 0.1) is 0 Å². The molecule has 1 aromatic carbocycles. The molecular formula is C13H11F3N4. The molecule has 2 heterocycles. The van der Waals surface area contributed by atoms with Gasteiger partial charge in [-0.2, -0.15) is 18.2 Å². The number of halogens is 3. The van der Waals surface area contributed by atoms with Gasteiger partial charge in [-0.05, 0) is 11.1 Å². The van der Waals surface area contributed by atoms with E-state index in [9.17, 15) is 13.2 Å². The number of nitrogens with zero attached hydrogens (tertiary/aromatic N) is 3. The van der Waals surface area contributed by atoms with Crippen LogP contribution in [0.5, 0.6) is 0 Å². The van der Waals surface area contributed by atoms with E-state index in [0.717, 1.165) is 17.2 Å². The summed E-state index contributed by atoms with van der Waals surface area (Å²) in [6.07, 6.45) is -4.53. The second-order valence-corrected chi connectivity index (χ2v) is 4.59. The number of nitrogens with two attached hydrogens (primary N) is 1. The van der Waals surface area contributed by atoms with Crippen molar-refractivity contribution in [3.8, 4) is 0 Å². The molecule has 0 radical (unpaired) electrons. The summed E-state index contributed by atoms with van der Waals surface area (Å²) in [5.74, 6) is -0.174. The van der Waals surface area contributed by atoms with E-state index in [-0.39, 0.29) is 11.8 Å². The van der Waals surface area contributed by atoms with Crippen LogP contribution < -0.4 is 10.6 Å². The first-order chi connectivity index (χ1) is 9.43. The van der Waals surface area contributed by atoms with Crippen LogP contribution in [0.3, 0.4) is 0 Å². The van der Waals surface area contributed by atoms with Crippen LogP contribution in [0.15, 0.2) is 30.3 Å². The third-order valence-electron chi connectivity index (χ3n) is 3.19. The highest BCUT2D eigenvalue weighted by Gasteiger charge is 2.34. The van der Waals surface area contributed by atoms with Gasteiger partial charge in [0.1, 0.15) is 5.82 Å². The number of nitrogen functional groups attached to an aromatic ring is 1. The summed E-state index contributed by atoms with van der Waals surface area (Å²) < 4.78 is 38.2. The van der Waals surface area contributed by atoms with Crippen molar-refractivity contribution in [2.45, 2.75) is 19.3 Å². The highest BCUT2D eigenvalue weighted by atomic mass is 19.4. The van der Waals surface area contributed by atoms with Crippen molar-refractivity contribution >= 4 is 11.8 Å². The molecule has 0 spiro atoms. The SMILES string of the molecule is Nc1nc(N2Cc3ccccc3C2)cc(C(F)(F)F)n1. The maximum Gasteiger partial charge on any atom is 0.433 e. The smallest absolute Gasteiger partial charge is 0.368 e. The minimum absolute atomic E-state index is 0.195. The lowest BCUT2D eigenvalue weighted by molar-refractivity contribution is -0.141. The molecule has 1 aliphatic rings. The largest absolute Gasteiger partial charge is 0.433 e. The van der Waals surface area contributed by atoms with Gasteiger partial charge in [0.15, 0.2) is 5.69 Å².